The van der Waals surface area contributed by atoms with Gasteiger partial charge in [-0.25, -0.2) is 9.59 Å². The monoisotopic (exact) mass is 280 g/mol. The standard InChI is InChI=1S/C13H20N4O3/c1-16-9-6-10(15-16)5-7-14-13(20)17-8-3-2-4-11(17)12(18)19/h6,9,11H,2-5,7-8H2,1H3,(H,14,20)(H,18,19). The summed E-state index contributed by atoms with van der Waals surface area (Å²) in [6, 6.07) is 0.902. The third kappa shape index (κ3) is 3.49. The van der Waals surface area contributed by atoms with E-state index in [0.717, 1.165) is 18.5 Å². The van der Waals surface area contributed by atoms with Gasteiger partial charge in [-0.3, -0.25) is 4.68 Å². The first kappa shape index (κ1) is 14.4. The Labute approximate surface area is 117 Å². The van der Waals surface area contributed by atoms with E-state index in [4.69, 9.17) is 5.11 Å². The molecule has 1 saturated heterocycles. The minimum absolute atomic E-state index is 0.298. The fourth-order valence-corrected chi connectivity index (χ4v) is 2.43. The molecule has 20 heavy (non-hydrogen) atoms. The Hall–Kier alpha value is -2.05. The van der Waals surface area contributed by atoms with E-state index in [-0.39, 0.29) is 6.03 Å². The predicted octanol–water partition coefficient (Wildman–Crippen LogP) is 0.611. The molecule has 1 aliphatic heterocycles. The van der Waals surface area contributed by atoms with Crippen LogP contribution in [-0.2, 0) is 18.3 Å². The van der Waals surface area contributed by atoms with E-state index in [2.05, 4.69) is 10.4 Å². The molecule has 0 saturated carbocycles. The van der Waals surface area contributed by atoms with Crippen molar-refractivity contribution in [1.29, 1.82) is 0 Å². The van der Waals surface area contributed by atoms with Gasteiger partial charge in [0, 0.05) is 32.8 Å². The van der Waals surface area contributed by atoms with Gasteiger partial charge in [0.2, 0.25) is 0 Å². The van der Waals surface area contributed by atoms with Crippen LogP contribution in [0.1, 0.15) is 25.0 Å². The summed E-state index contributed by atoms with van der Waals surface area (Å²) in [5.41, 5.74) is 0.904. The lowest BCUT2D eigenvalue weighted by atomic mass is 10.0. The molecule has 1 aliphatic rings. The third-order valence-corrected chi connectivity index (χ3v) is 3.47. The fourth-order valence-electron chi connectivity index (χ4n) is 2.43. The Balaban J connectivity index is 1.82. The maximum Gasteiger partial charge on any atom is 0.326 e. The van der Waals surface area contributed by atoms with Crippen molar-refractivity contribution in [2.24, 2.45) is 7.05 Å². The molecule has 0 spiro atoms. The smallest absolute Gasteiger partial charge is 0.326 e. The van der Waals surface area contributed by atoms with Gasteiger partial charge in [-0.05, 0) is 25.3 Å². The molecule has 2 N–H and O–H groups in total. The van der Waals surface area contributed by atoms with E-state index in [0.29, 0.717) is 25.9 Å². The fraction of sp³-hybridized carbons (Fsp3) is 0.615. The van der Waals surface area contributed by atoms with Gasteiger partial charge in [-0.1, -0.05) is 0 Å². The number of amides is 2. The number of hydrogen-bond donors (Lipinski definition) is 2. The van der Waals surface area contributed by atoms with Crippen LogP contribution in [0.4, 0.5) is 4.79 Å². The van der Waals surface area contributed by atoms with Gasteiger partial charge in [0.1, 0.15) is 6.04 Å². The molecule has 0 aromatic carbocycles. The zero-order valence-corrected chi connectivity index (χ0v) is 11.6. The van der Waals surface area contributed by atoms with Crippen LogP contribution in [0.25, 0.3) is 0 Å². The first-order valence-corrected chi connectivity index (χ1v) is 6.83. The van der Waals surface area contributed by atoms with Crippen molar-refractivity contribution < 1.29 is 14.7 Å². The van der Waals surface area contributed by atoms with Crippen LogP contribution in [-0.4, -0.2) is 50.9 Å². The maximum atomic E-state index is 12.0. The Morgan fingerprint density at radius 3 is 2.95 bits per heavy atom. The second-order valence-corrected chi connectivity index (χ2v) is 5.01. The molecule has 2 rings (SSSR count). The second-order valence-electron chi connectivity index (χ2n) is 5.01. The second kappa shape index (κ2) is 6.40. The minimum Gasteiger partial charge on any atom is -0.480 e. The molecular formula is C13H20N4O3. The van der Waals surface area contributed by atoms with Gasteiger partial charge in [0.05, 0.1) is 5.69 Å². The molecule has 7 nitrogen and oxygen atoms in total. The van der Waals surface area contributed by atoms with Crippen molar-refractivity contribution >= 4 is 12.0 Å². The first-order valence-electron chi connectivity index (χ1n) is 6.83. The van der Waals surface area contributed by atoms with Crippen LogP contribution in [0.2, 0.25) is 0 Å². The summed E-state index contributed by atoms with van der Waals surface area (Å²) >= 11 is 0. The highest BCUT2D eigenvalue weighted by molar-refractivity contribution is 5.82. The predicted molar refractivity (Wildman–Crippen MR) is 72.3 cm³/mol. The molecule has 1 fully saturated rings. The van der Waals surface area contributed by atoms with Crippen molar-refractivity contribution in [1.82, 2.24) is 20.0 Å². The van der Waals surface area contributed by atoms with Gasteiger partial charge >= 0.3 is 12.0 Å². The van der Waals surface area contributed by atoms with E-state index in [1.54, 1.807) is 4.68 Å². The lowest BCUT2D eigenvalue weighted by molar-refractivity contribution is -0.143. The number of urea groups is 1. The highest BCUT2D eigenvalue weighted by Crippen LogP contribution is 2.17. The van der Waals surface area contributed by atoms with E-state index < -0.39 is 12.0 Å². The molecule has 0 bridgehead atoms. The van der Waals surface area contributed by atoms with Crippen LogP contribution in [0.5, 0.6) is 0 Å². The molecule has 0 aliphatic carbocycles. The van der Waals surface area contributed by atoms with Crippen molar-refractivity contribution in [2.45, 2.75) is 31.7 Å². The zero-order valence-electron chi connectivity index (χ0n) is 11.6. The number of rotatable bonds is 4. The van der Waals surface area contributed by atoms with Gasteiger partial charge < -0.3 is 15.3 Å². The molecule has 110 valence electrons. The number of carboxylic acids is 1. The first-order chi connectivity index (χ1) is 9.58. The minimum atomic E-state index is -0.926. The van der Waals surface area contributed by atoms with Crippen LogP contribution in [0.15, 0.2) is 12.3 Å². The highest BCUT2D eigenvalue weighted by Gasteiger charge is 2.31. The number of piperidine rings is 1. The van der Waals surface area contributed by atoms with Crippen LogP contribution in [0, 0.1) is 0 Å². The molecular weight excluding hydrogens is 260 g/mol. The van der Waals surface area contributed by atoms with Gasteiger partial charge in [0.25, 0.3) is 0 Å². The average Bonchev–Trinajstić information content (AvgIpc) is 2.84. The zero-order chi connectivity index (χ0) is 14.5. The number of hydrogen-bond acceptors (Lipinski definition) is 3. The summed E-state index contributed by atoms with van der Waals surface area (Å²) in [4.78, 5) is 24.6. The quantitative estimate of drug-likeness (QED) is 0.846. The number of aromatic nitrogens is 2. The highest BCUT2D eigenvalue weighted by atomic mass is 16.4. The van der Waals surface area contributed by atoms with Crippen LogP contribution in [0.3, 0.4) is 0 Å². The van der Waals surface area contributed by atoms with E-state index in [9.17, 15) is 9.59 Å². The Kier molecular flexibility index (Phi) is 4.60. The van der Waals surface area contributed by atoms with Crippen molar-refractivity contribution in [3.05, 3.63) is 18.0 Å². The molecule has 2 heterocycles. The summed E-state index contributed by atoms with van der Waals surface area (Å²) in [6.45, 7) is 0.963. The van der Waals surface area contributed by atoms with Crippen molar-refractivity contribution in [2.75, 3.05) is 13.1 Å². The Morgan fingerprint density at radius 2 is 2.30 bits per heavy atom. The number of carbonyl (C=O) groups excluding carboxylic acids is 1. The SMILES string of the molecule is Cn1ccc(CCNC(=O)N2CCCCC2C(=O)O)n1. The molecule has 2 amide bonds. The summed E-state index contributed by atoms with van der Waals surface area (Å²) in [5.74, 6) is -0.926. The van der Waals surface area contributed by atoms with Gasteiger partial charge in [-0.15, -0.1) is 0 Å². The number of nitrogens with one attached hydrogen (secondary N) is 1. The molecule has 7 heteroatoms. The summed E-state index contributed by atoms with van der Waals surface area (Å²) in [5, 5.41) is 16.1. The number of likely N-dealkylation sites (tertiary alicyclic amines) is 1. The molecule has 0 radical (unpaired) electrons. The van der Waals surface area contributed by atoms with Crippen LogP contribution < -0.4 is 5.32 Å². The largest absolute Gasteiger partial charge is 0.480 e. The molecule has 1 aromatic heterocycles. The molecule has 1 atom stereocenters. The Morgan fingerprint density at radius 1 is 1.50 bits per heavy atom. The maximum absolute atomic E-state index is 12.0. The van der Waals surface area contributed by atoms with Gasteiger partial charge in [0.15, 0.2) is 0 Å². The lowest BCUT2D eigenvalue weighted by Gasteiger charge is -2.32. The number of aliphatic carboxylic acids is 1. The lowest BCUT2D eigenvalue weighted by Crippen LogP contribution is -2.52. The average molecular weight is 280 g/mol. The number of carboxylic acid groups (broad SMARTS) is 1. The van der Waals surface area contributed by atoms with Gasteiger partial charge in [-0.2, -0.15) is 5.10 Å². The van der Waals surface area contributed by atoms with E-state index in [1.807, 2.05) is 19.3 Å². The molecule has 1 aromatic rings. The summed E-state index contributed by atoms with van der Waals surface area (Å²) < 4.78 is 1.71. The summed E-state index contributed by atoms with van der Waals surface area (Å²) in [6.07, 6.45) is 4.73. The normalized spacial score (nSPS) is 18.9. The van der Waals surface area contributed by atoms with E-state index >= 15 is 0 Å². The van der Waals surface area contributed by atoms with E-state index in [1.165, 1.54) is 4.90 Å². The molecule has 1 unspecified atom stereocenters. The Bertz CT molecular complexity index is 486. The van der Waals surface area contributed by atoms with Crippen molar-refractivity contribution in [3.63, 3.8) is 0 Å². The van der Waals surface area contributed by atoms with Crippen LogP contribution >= 0.6 is 0 Å². The third-order valence-electron chi connectivity index (χ3n) is 3.47. The number of aryl methyl sites for hydroxylation is 1. The summed E-state index contributed by atoms with van der Waals surface area (Å²) in [7, 11) is 1.84. The number of nitrogens with zero attached hydrogens (tertiary/aromatic N) is 3. The number of carbonyl (C=O) groups is 2. The topological polar surface area (TPSA) is 87.5 Å². The van der Waals surface area contributed by atoms with Crippen molar-refractivity contribution in [3.8, 4) is 0 Å².